The second-order valence-electron chi connectivity index (χ2n) is 8.78. The standard InChI is InChI=1S/C25H33NO3S.ClH/c1-3-4-5-17-6-9-19(10-7-17)29-22-12-11-21(25(22)28)26-15-18-8-13-23-20(24(18)27)14-16(2)30-23;/h6-7,9-10,14,18,21-22,25-26,28H,3-5,8,11-13,15H2,1-2H3;1H. The largest absolute Gasteiger partial charge is 0.488 e. The zero-order chi connectivity index (χ0) is 21.1. The van der Waals surface area contributed by atoms with Crippen LogP contribution in [0.5, 0.6) is 5.75 Å². The SMILES string of the molecule is CCCCc1ccc(OC2CCC(NCC3CCc4sc(C)cc4C3=O)C2O)cc1.Cl. The fraction of sp³-hybridized carbons (Fsp3) is 0.560. The van der Waals surface area contributed by atoms with Crippen LogP contribution in [0.2, 0.25) is 0 Å². The van der Waals surface area contributed by atoms with Gasteiger partial charge >= 0.3 is 0 Å². The van der Waals surface area contributed by atoms with Gasteiger partial charge in [0.15, 0.2) is 5.78 Å². The third kappa shape index (κ3) is 5.70. The number of aliphatic hydroxyl groups excluding tert-OH is 1. The maximum atomic E-state index is 12.8. The number of ether oxygens (including phenoxy) is 1. The van der Waals surface area contributed by atoms with Crippen LogP contribution in [0.1, 0.15) is 64.7 Å². The molecule has 4 rings (SSSR count). The van der Waals surface area contributed by atoms with Gasteiger partial charge in [0.05, 0.1) is 0 Å². The Bertz CT molecular complexity index is 866. The molecule has 4 atom stereocenters. The molecule has 31 heavy (non-hydrogen) atoms. The van der Waals surface area contributed by atoms with E-state index in [-0.39, 0.29) is 36.3 Å². The van der Waals surface area contributed by atoms with Crippen LogP contribution in [-0.4, -0.2) is 35.7 Å². The number of benzene rings is 1. The summed E-state index contributed by atoms with van der Waals surface area (Å²) in [4.78, 5) is 15.2. The van der Waals surface area contributed by atoms with Gasteiger partial charge in [-0.05, 0) is 69.2 Å². The van der Waals surface area contributed by atoms with Gasteiger partial charge in [0.2, 0.25) is 0 Å². The van der Waals surface area contributed by atoms with Gasteiger partial charge in [-0.3, -0.25) is 4.79 Å². The van der Waals surface area contributed by atoms with E-state index >= 15 is 0 Å². The van der Waals surface area contributed by atoms with E-state index < -0.39 is 6.10 Å². The number of carbonyl (C=O) groups excluding carboxylic acids is 1. The van der Waals surface area contributed by atoms with Crippen molar-refractivity contribution >= 4 is 29.5 Å². The molecule has 0 aliphatic heterocycles. The molecule has 2 aromatic rings. The van der Waals surface area contributed by atoms with Crippen molar-refractivity contribution in [3.05, 3.63) is 51.2 Å². The highest BCUT2D eigenvalue weighted by Crippen LogP contribution is 2.32. The van der Waals surface area contributed by atoms with Crippen molar-refractivity contribution in [2.24, 2.45) is 5.92 Å². The molecule has 1 saturated carbocycles. The van der Waals surface area contributed by atoms with Crippen LogP contribution in [0.3, 0.4) is 0 Å². The summed E-state index contributed by atoms with van der Waals surface area (Å²) in [5.74, 6) is 1.09. The molecule has 0 radical (unpaired) electrons. The average Bonchev–Trinajstić information content (AvgIpc) is 3.30. The van der Waals surface area contributed by atoms with E-state index in [9.17, 15) is 9.90 Å². The number of aryl methyl sites for hydroxylation is 3. The van der Waals surface area contributed by atoms with Crippen molar-refractivity contribution in [2.45, 2.75) is 77.0 Å². The molecule has 1 aromatic heterocycles. The molecule has 0 saturated heterocycles. The van der Waals surface area contributed by atoms with Crippen LogP contribution in [-0.2, 0) is 12.8 Å². The number of hydrogen-bond donors (Lipinski definition) is 2. The Hall–Kier alpha value is -1.40. The van der Waals surface area contributed by atoms with Gasteiger partial charge in [0.25, 0.3) is 0 Å². The monoisotopic (exact) mass is 463 g/mol. The lowest BCUT2D eigenvalue weighted by Gasteiger charge is -2.25. The molecule has 2 aliphatic rings. The van der Waals surface area contributed by atoms with Gasteiger partial charge in [-0.25, -0.2) is 0 Å². The first kappa shape index (κ1) is 24.2. The first-order chi connectivity index (χ1) is 14.5. The number of hydrogen-bond acceptors (Lipinski definition) is 5. The summed E-state index contributed by atoms with van der Waals surface area (Å²) in [5, 5.41) is 14.2. The molecule has 0 amide bonds. The zero-order valence-electron chi connectivity index (χ0n) is 18.4. The number of fused-ring (bicyclic) bond motifs is 1. The molecular weight excluding hydrogens is 430 g/mol. The van der Waals surface area contributed by atoms with Crippen LogP contribution < -0.4 is 10.1 Å². The smallest absolute Gasteiger partial charge is 0.168 e. The number of nitrogens with one attached hydrogen (secondary N) is 1. The lowest BCUT2D eigenvalue weighted by molar-refractivity contribution is 0.0441. The van der Waals surface area contributed by atoms with Crippen molar-refractivity contribution in [1.82, 2.24) is 5.32 Å². The summed E-state index contributed by atoms with van der Waals surface area (Å²) in [6.45, 7) is 4.90. The summed E-state index contributed by atoms with van der Waals surface area (Å²) in [6.07, 6.45) is 6.31. The van der Waals surface area contributed by atoms with Crippen molar-refractivity contribution in [3.8, 4) is 5.75 Å². The minimum absolute atomic E-state index is 0. The number of carbonyl (C=O) groups is 1. The minimum atomic E-state index is -0.553. The fourth-order valence-electron chi connectivity index (χ4n) is 4.69. The van der Waals surface area contributed by atoms with Gasteiger partial charge in [-0.15, -0.1) is 23.7 Å². The van der Waals surface area contributed by atoms with Crippen LogP contribution in [0.25, 0.3) is 0 Å². The highest BCUT2D eigenvalue weighted by molar-refractivity contribution is 7.12. The molecular formula is C25H34ClNO3S. The second kappa shape index (κ2) is 11.0. The van der Waals surface area contributed by atoms with E-state index in [0.29, 0.717) is 6.54 Å². The fourth-order valence-corrected chi connectivity index (χ4v) is 5.74. The lowest BCUT2D eigenvalue weighted by atomic mass is 9.87. The molecule has 1 fully saturated rings. The van der Waals surface area contributed by atoms with E-state index in [1.807, 2.05) is 18.2 Å². The predicted molar refractivity (Wildman–Crippen MR) is 129 cm³/mol. The minimum Gasteiger partial charge on any atom is -0.488 e. The van der Waals surface area contributed by atoms with Crippen LogP contribution in [0.4, 0.5) is 0 Å². The number of ketones is 1. The Kier molecular flexibility index (Phi) is 8.57. The zero-order valence-corrected chi connectivity index (χ0v) is 20.1. The van der Waals surface area contributed by atoms with Gasteiger partial charge < -0.3 is 15.2 Å². The number of halogens is 1. The molecule has 4 unspecified atom stereocenters. The Labute approximate surface area is 195 Å². The molecule has 2 N–H and O–H groups in total. The van der Waals surface area contributed by atoms with Crippen LogP contribution >= 0.6 is 23.7 Å². The Balaban J connectivity index is 0.00000272. The van der Waals surface area contributed by atoms with Crippen molar-refractivity contribution in [2.75, 3.05) is 6.54 Å². The molecule has 170 valence electrons. The van der Waals surface area contributed by atoms with Crippen LogP contribution in [0.15, 0.2) is 30.3 Å². The molecule has 2 aliphatic carbocycles. The number of Topliss-reactive ketones (excluding diaryl/α,β-unsaturated/α-hetero) is 1. The molecule has 0 spiro atoms. The molecule has 1 aromatic carbocycles. The number of thiophene rings is 1. The topological polar surface area (TPSA) is 58.6 Å². The third-order valence-corrected chi connectivity index (χ3v) is 7.61. The van der Waals surface area contributed by atoms with E-state index in [4.69, 9.17) is 4.74 Å². The van der Waals surface area contributed by atoms with Crippen molar-refractivity contribution < 1.29 is 14.6 Å². The molecule has 4 nitrogen and oxygen atoms in total. The second-order valence-corrected chi connectivity index (χ2v) is 10.1. The summed E-state index contributed by atoms with van der Waals surface area (Å²) in [5.41, 5.74) is 2.25. The normalized spacial score (nSPS) is 25.2. The van der Waals surface area contributed by atoms with E-state index in [0.717, 1.165) is 43.4 Å². The van der Waals surface area contributed by atoms with Gasteiger partial charge in [-0.1, -0.05) is 25.5 Å². The highest BCUT2D eigenvalue weighted by Gasteiger charge is 2.37. The third-order valence-electron chi connectivity index (χ3n) is 6.50. The maximum Gasteiger partial charge on any atom is 0.168 e. The Morgan fingerprint density at radius 2 is 1.97 bits per heavy atom. The quantitative estimate of drug-likeness (QED) is 0.570. The summed E-state index contributed by atoms with van der Waals surface area (Å²) >= 11 is 1.75. The maximum absolute atomic E-state index is 12.8. The lowest BCUT2D eigenvalue weighted by Crippen LogP contribution is -2.44. The average molecular weight is 464 g/mol. The van der Waals surface area contributed by atoms with E-state index in [1.165, 1.54) is 28.2 Å². The Morgan fingerprint density at radius 3 is 2.71 bits per heavy atom. The summed E-state index contributed by atoms with van der Waals surface area (Å²) in [6, 6.07) is 10.3. The highest BCUT2D eigenvalue weighted by atomic mass is 35.5. The van der Waals surface area contributed by atoms with E-state index in [2.05, 4.69) is 31.3 Å². The predicted octanol–water partition coefficient (Wildman–Crippen LogP) is 5.13. The van der Waals surface area contributed by atoms with Crippen LogP contribution in [0, 0.1) is 12.8 Å². The Morgan fingerprint density at radius 1 is 1.19 bits per heavy atom. The molecule has 1 heterocycles. The summed E-state index contributed by atoms with van der Waals surface area (Å²) in [7, 11) is 0. The number of aliphatic hydroxyl groups is 1. The molecule has 0 bridgehead atoms. The van der Waals surface area contributed by atoms with Gasteiger partial charge in [-0.2, -0.15) is 0 Å². The van der Waals surface area contributed by atoms with E-state index in [1.54, 1.807) is 11.3 Å². The van der Waals surface area contributed by atoms with Gasteiger partial charge in [0.1, 0.15) is 18.0 Å². The number of rotatable bonds is 8. The first-order valence-corrected chi connectivity index (χ1v) is 12.2. The van der Waals surface area contributed by atoms with Crippen molar-refractivity contribution in [1.29, 1.82) is 0 Å². The van der Waals surface area contributed by atoms with Gasteiger partial charge in [0, 0.05) is 33.8 Å². The molecule has 6 heteroatoms. The number of unbranched alkanes of at least 4 members (excludes halogenated alkanes) is 1. The summed E-state index contributed by atoms with van der Waals surface area (Å²) < 4.78 is 6.08. The van der Waals surface area contributed by atoms with Crippen molar-refractivity contribution in [3.63, 3.8) is 0 Å². The first-order valence-electron chi connectivity index (χ1n) is 11.4.